The van der Waals surface area contributed by atoms with Gasteiger partial charge in [-0.1, -0.05) is 0 Å². The number of aromatic nitrogens is 4. The predicted molar refractivity (Wildman–Crippen MR) is 43.5 cm³/mol. The molecule has 5 heteroatoms. The maximum atomic E-state index is 4.09. The van der Waals surface area contributed by atoms with Gasteiger partial charge >= 0.3 is 0 Å². The number of fused-ring (bicyclic) bond motifs is 1. The van der Waals surface area contributed by atoms with Gasteiger partial charge in [0, 0.05) is 35.0 Å². The van der Waals surface area contributed by atoms with Gasteiger partial charge in [-0.3, -0.25) is 4.98 Å². The van der Waals surface area contributed by atoms with E-state index in [2.05, 4.69) is 37.7 Å². The Bertz CT molecular complexity index is 322. The van der Waals surface area contributed by atoms with Crippen LogP contribution in [0.25, 0.3) is 5.65 Å². The fourth-order valence-electron chi connectivity index (χ4n) is 0.717. The lowest BCUT2D eigenvalue weighted by atomic mass is 10.7. The van der Waals surface area contributed by atoms with Gasteiger partial charge in [0.2, 0.25) is 3.83 Å². The van der Waals surface area contributed by atoms with E-state index >= 15 is 0 Å². The van der Waals surface area contributed by atoms with Crippen LogP contribution in [0.5, 0.6) is 0 Å². The first-order valence-corrected chi connectivity index (χ1v) is 3.76. The van der Waals surface area contributed by atoms with E-state index in [4.69, 9.17) is 0 Å². The molecule has 2 aromatic rings. The minimum absolute atomic E-state index is 0.741. The Morgan fingerprint density at radius 1 is 1.50 bits per heavy atom. The lowest BCUT2D eigenvalue weighted by molar-refractivity contribution is 0.931. The predicted octanol–water partition coefficient (Wildman–Crippen LogP) is 0.729. The minimum Gasteiger partial charge on any atom is -0.259 e. The Kier molecular flexibility index (Phi) is 1.30. The molecule has 0 atom stereocenters. The smallest absolute Gasteiger partial charge is 0.212 e. The largest absolute Gasteiger partial charge is 0.259 e. The monoisotopic (exact) mass is 246 g/mol. The molecule has 0 aromatic carbocycles. The van der Waals surface area contributed by atoms with Crippen LogP contribution in [0.3, 0.4) is 0 Å². The zero-order valence-electron chi connectivity index (χ0n) is 4.90. The van der Waals surface area contributed by atoms with E-state index in [1.54, 1.807) is 23.1 Å². The standard InChI is InChI=1S/C5H3IN4/c6-5-8-4-3-7-1-2-10(4)9-5/h1-3H. The van der Waals surface area contributed by atoms with Gasteiger partial charge in [-0.2, -0.15) is 0 Å². The van der Waals surface area contributed by atoms with E-state index in [-0.39, 0.29) is 0 Å². The van der Waals surface area contributed by atoms with Crippen molar-refractivity contribution in [1.82, 2.24) is 19.6 Å². The normalized spacial score (nSPS) is 10.5. The summed E-state index contributed by atoms with van der Waals surface area (Å²) in [5.41, 5.74) is 0.784. The molecule has 2 heterocycles. The fraction of sp³-hybridized carbons (Fsp3) is 0. The van der Waals surface area contributed by atoms with Gasteiger partial charge in [0.05, 0.1) is 6.20 Å². The lowest BCUT2D eigenvalue weighted by Crippen LogP contribution is -1.85. The highest BCUT2D eigenvalue weighted by molar-refractivity contribution is 14.1. The van der Waals surface area contributed by atoms with Crippen molar-refractivity contribution in [3.8, 4) is 0 Å². The molecule has 2 rings (SSSR count). The Labute approximate surface area is 70.4 Å². The van der Waals surface area contributed by atoms with Crippen molar-refractivity contribution in [2.45, 2.75) is 0 Å². The summed E-state index contributed by atoms with van der Waals surface area (Å²) < 4.78 is 2.43. The van der Waals surface area contributed by atoms with Crippen molar-refractivity contribution in [1.29, 1.82) is 0 Å². The first-order chi connectivity index (χ1) is 4.86. The van der Waals surface area contributed by atoms with Crippen LogP contribution in [-0.4, -0.2) is 19.6 Å². The van der Waals surface area contributed by atoms with Crippen molar-refractivity contribution >= 4 is 28.2 Å². The van der Waals surface area contributed by atoms with Crippen molar-refractivity contribution in [2.24, 2.45) is 0 Å². The Morgan fingerprint density at radius 2 is 2.40 bits per heavy atom. The van der Waals surface area contributed by atoms with E-state index < -0.39 is 0 Å². The lowest BCUT2D eigenvalue weighted by Gasteiger charge is -1.83. The first kappa shape index (κ1) is 6.02. The molecule has 0 unspecified atom stereocenters. The molecule has 2 aromatic heterocycles. The molecule has 10 heavy (non-hydrogen) atoms. The summed E-state index contributed by atoms with van der Waals surface area (Å²) in [4.78, 5) is 7.99. The average molecular weight is 246 g/mol. The quantitative estimate of drug-likeness (QED) is 0.643. The molecule has 0 aliphatic heterocycles. The van der Waals surface area contributed by atoms with Gasteiger partial charge < -0.3 is 0 Å². The summed E-state index contributed by atoms with van der Waals surface area (Å²) in [7, 11) is 0. The van der Waals surface area contributed by atoms with Crippen LogP contribution >= 0.6 is 22.6 Å². The zero-order chi connectivity index (χ0) is 6.97. The van der Waals surface area contributed by atoms with Crippen LogP contribution in [0.1, 0.15) is 0 Å². The van der Waals surface area contributed by atoms with Gasteiger partial charge in [-0.05, 0) is 0 Å². The third-order valence-corrected chi connectivity index (χ3v) is 1.57. The molecule has 0 N–H and O–H groups in total. The summed E-state index contributed by atoms with van der Waals surface area (Å²) >= 11 is 2.06. The summed E-state index contributed by atoms with van der Waals surface area (Å²) in [6, 6.07) is 0. The number of hydrogen-bond donors (Lipinski definition) is 0. The topological polar surface area (TPSA) is 43.1 Å². The second-order valence-electron chi connectivity index (χ2n) is 1.76. The van der Waals surface area contributed by atoms with Gasteiger partial charge in [0.25, 0.3) is 0 Å². The number of halogens is 1. The van der Waals surface area contributed by atoms with Crippen LogP contribution in [0, 0.1) is 3.83 Å². The molecule has 0 saturated heterocycles. The summed E-state index contributed by atoms with van der Waals surface area (Å²) in [5.74, 6) is 0. The highest BCUT2D eigenvalue weighted by Gasteiger charge is 1.96. The maximum Gasteiger partial charge on any atom is 0.212 e. The Morgan fingerprint density at radius 3 is 3.20 bits per heavy atom. The molecule has 0 amide bonds. The van der Waals surface area contributed by atoms with Crippen LogP contribution in [0.15, 0.2) is 18.6 Å². The molecule has 0 radical (unpaired) electrons. The second-order valence-corrected chi connectivity index (χ2v) is 2.72. The van der Waals surface area contributed by atoms with E-state index in [1.165, 1.54) is 0 Å². The van der Waals surface area contributed by atoms with Crippen LogP contribution in [0.4, 0.5) is 0 Å². The minimum atomic E-state index is 0.741. The molecular weight excluding hydrogens is 243 g/mol. The van der Waals surface area contributed by atoms with Gasteiger partial charge in [0.1, 0.15) is 0 Å². The molecule has 0 aliphatic carbocycles. The third kappa shape index (κ3) is 0.859. The van der Waals surface area contributed by atoms with Crippen LogP contribution in [0.2, 0.25) is 0 Å². The number of hydrogen-bond acceptors (Lipinski definition) is 3. The molecular formula is C5H3IN4. The van der Waals surface area contributed by atoms with Gasteiger partial charge in [-0.25, -0.2) is 9.50 Å². The van der Waals surface area contributed by atoms with Crippen molar-refractivity contribution in [2.75, 3.05) is 0 Å². The molecule has 4 nitrogen and oxygen atoms in total. The third-order valence-electron chi connectivity index (χ3n) is 1.12. The fourth-order valence-corrected chi connectivity index (χ4v) is 1.20. The van der Waals surface area contributed by atoms with Crippen LogP contribution < -0.4 is 0 Å². The van der Waals surface area contributed by atoms with Crippen LogP contribution in [-0.2, 0) is 0 Å². The second kappa shape index (κ2) is 2.15. The SMILES string of the molecule is Ic1nc2cnccn2n1. The Hall–Kier alpha value is -0.720. The number of rotatable bonds is 0. The molecule has 0 bridgehead atoms. The van der Waals surface area contributed by atoms with Crippen molar-refractivity contribution < 1.29 is 0 Å². The first-order valence-electron chi connectivity index (χ1n) is 2.68. The summed E-state index contributed by atoms with van der Waals surface area (Å²) in [5, 5.41) is 4.07. The molecule has 0 saturated carbocycles. The summed E-state index contributed by atoms with van der Waals surface area (Å²) in [6.45, 7) is 0. The van der Waals surface area contributed by atoms with Gasteiger partial charge in [-0.15, -0.1) is 5.10 Å². The highest BCUT2D eigenvalue weighted by atomic mass is 127. The molecule has 50 valence electrons. The molecule has 0 spiro atoms. The maximum absolute atomic E-state index is 4.09. The zero-order valence-corrected chi connectivity index (χ0v) is 7.06. The van der Waals surface area contributed by atoms with Crippen molar-refractivity contribution in [3.63, 3.8) is 0 Å². The van der Waals surface area contributed by atoms with Gasteiger partial charge in [0.15, 0.2) is 5.65 Å². The number of nitrogens with zero attached hydrogens (tertiary/aromatic N) is 4. The summed E-state index contributed by atoms with van der Waals surface area (Å²) in [6.07, 6.45) is 5.12. The Balaban J connectivity index is 2.88. The van der Waals surface area contributed by atoms with Crippen molar-refractivity contribution in [3.05, 3.63) is 22.4 Å². The highest BCUT2D eigenvalue weighted by Crippen LogP contribution is 1.99. The average Bonchev–Trinajstić information content (AvgIpc) is 2.27. The molecule has 0 fully saturated rings. The van der Waals surface area contributed by atoms with E-state index in [9.17, 15) is 0 Å². The molecule has 0 aliphatic rings. The van der Waals surface area contributed by atoms with E-state index in [0.29, 0.717) is 0 Å². The van der Waals surface area contributed by atoms with E-state index in [1.807, 2.05) is 0 Å². The van der Waals surface area contributed by atoms with E-state index in [0.717, 1.165) is 9.48 Å².